The molecule has 0 fully saturated rings. The molecule has 0 saturated heterocycles. The summed E-state index contributed by atoms with van der Waals surface area (Å²) in [6.07, 6.45) is 0. The molecule has 0 aliphatic heterocycles. The first kappa shape index (κ1) is 11.9. The lowest BCUT2D eigenvalue weighted by Gasteiger charge is -2.05. The lowest BCUT2D eigenvalue weighted by Crippen LogP contribution is -1.98. The van der Waals surface area contributed by atoms with Crippen molar-refractivity contribution in [3.05, 3.63) is 58.7 Å². The summed E-state index contributed by atoms with van der Waals surface area (Å²) in [4.78, 5) is 4.15. The van der Waals surface area contributed by atoms with Crippen LogP contribution in [-0.2, 0) is 18.0 Å². The topological polar surface area (TPSA) is 48.1 Å². The number of pyridine rings is 1. The van der Waals surface area contributed by atoms with Crippen molar-refractivity contribution in [2.75, 3.05) is 5.73 Å². The first-order valence-electron chi connectivity index (χ1n) is 5.27. The second-order valence-electron chi connectivity index (χ2n) is 3.68. The lowest BCUT2D eigenvalue weighted by atomic mass is 10.2. The number of nitrogens with two attached hydrogens (primary N) is 1. The summed E-state index contributed by atoms with van der Waals surface area (Å²) < 4.78 is 5.54. The highest BCUT2D eigenvalue weighted by atomic mass is 35.5. The molecule has 1 aromatic carbocycles. The highest BCUT2D eigenvalue weighted by Gasteiger charge is 1.97. The van der Waals surface area contributed by atoms with Crippen LogP contribution in [-0.4, -0.2) is 4.98 Å². The molecule has 0 bridgehead atoms. The van der Waals surface area contributed by atoms with Gasteiger partial charge in [-0.3, -0.25) is 0 Å². The van der Waals surface area contributed by atoms with Crippen LogP contribution in [0.1, 0.15) is 11.3 Å². The van der Waals surface area contributed by atoms with Crippen LogP contribution in [0.25, 0.3) is 0 Å². The summed E-state index contributed by atoms with van der Waals surface area (Å²) in [5.41, 5.74) is 7.45. The minimum atomic E-state index is 0.442. The van der Waals surface area contributed by atoms with Gasteiger partial charge in [-0.2, -0.15) is 0 Å². The van der Waals surface area contributed by atoms with Crippen LogP contribution in [0, 0.1) is 0 Å². The fraction of sp³-hybridized carbons (Fsp3) is 0.154. The second-order valence-corrected chi connectivity index (χ2v) is 4.11. The van der Waals surface area contributed by atoms with Crippen molar-refractivity contribution in [1.82, 2.24) is 4.98 Å². The van der Waals surface area contributed by atoms with Gasteiger partial charge in [-0.25, -0.2) is 4.98 Å². The first-order chi connectivity index (χ1) is 8.24. The predicted octanol–water partition coefficient (Wildman–Crippen LogP) is 3.03. The largest absolute Gasteiger partial charge is 0.384 e. The van der Waals surface area contributed by atoms with E-state index >= 15 is 0 Å². The average molecular weight is 249 g/mol. The molecule has 0 aliphatic rings. The smallest absolute Gasteiger partial charge is 0.123 e. The molecule has 4 heteroatoms. The predicted molar refractivity (Wildman–Crippen MR) is 68.6 cm³/mol. The zero-order chi connectivity index (χ0) is 12.1. The van der Waals surface area contributed by atoms with Crippen molar-refractivity contribution in [2.24, 2.45) is 0 Å². The average Bonchev–Trinajstić information content (AvgIpc) is 2.29. The van der Waals surface area contributed by atoms with E-state index in [1.165, 1.54) is 0 Å². The van der Waals surface area contributed by atoms with Crippen LogP contribution in [0.15, 0.2) is 42.5 Å². The SMILES string of the molecule is Nc1cccc(COCc2cccc(Cl)c2)n1. The van der Waals surface area contributed by atoms with E-state index in [-0.39, 0.29) is 0 Å². The highest BCUT2D eigenvalue weighted by molar-refractivity contribution is 6.30. The lowest BCUT2D eigenvalue weighted by molar-refractivity contribution is 0.104. The van der Waals surface area contributed by atoms with Gasteiger partial charge >= 0.3 is 0 Å². The molecule has 2 rings (SSSR count). The van der Waals surface area contributed by atoms with Crippen LogP contribution in [0.4, 0.5) is 5.82 Å². The summed E-state index contributed by atoms with van der Waals surface area (Å²) in [5.74, 6) is 0.508. The Morgan fingerprint density at radius 1 is 1.12 bits per heavy atom. The molecule has 0 aliphatic carbocycles. The Labute approximate surface area is 105 Å². The third-order valence-electron chi connectivity index (χ3n) is 2.24. The molecular formula is C13H13ClN2O. The van der Waals surface area contributed by atoms with E-state index in [9.17, 15) is 0 Å². The van der Waals surface area contributed by atoms with Crippen molar-refractivity contribution in [3.8, 4) is 0 Å². The number of halogens is 1. The number of hydrogen-bond acceptors (Lipinski definition) is 3. The van der Waals surface area contributed by atoms with E-state index in [4.69, 9.17) is 22.1 Å². The monoisotopic (exact) mass is 248 g/mol. The van der Waals surface area contributed by atoms with Gasteiger partial charge in [0.05, 0.1) is 18.9 Å². The van der Waals surface area contributed by atoms with Gasteiger partial charge in [0.25, 0.3) is 0 Å². The van der Waals surface area contributed by atoms with E-state index in [0.717, 1.165) is 11.3 Å². The maximum Gasteiger partial charge on any atom is 0.123 e. The van der Waals surface area contributed by atoms with Gasteiger partial charge in [0.1, 0.15) is 5.82 Å². The number of benzene rings is 1. The van der Waals surface area contributed by atoms with Crippen LogP contribution >= 0.6 is 11.6 Å². The van der Waals surface area contributed by atoms with Crippen molar-refractivity contribution in [1.29, 1.82) is 0 Å². The Bertz CT molecular complexity index is 457. The fourth-order valence-electron chi connectivity index (χ4n) is 1.48. The van der Waals surface area contributed by atoms with Crippen LogP contribution in [0.3, 0.4) is 0 Å². The van der Waals surface area contributed by atoms with Crippen molar-refractivity contribution in [2.45, 2.75) is 13.2 Å². The quantitative estimate of drug-likeness (QED) is 0.905. The molecule has 1 heterocycles. The Morgan fingerprint density at radius 3 is 2.71 bits per heavy atom. The third kappa shape index (κ3) is 3.73. The molecule has 17 heavy (non-hydrogen) atoms. The summed E-state index contributed by atoms with van der Waals surface area (Å²) in [5, 5.41) is 0.716. The van der Waals surface area contributed by atoms with Crippen molar-refractivity contribution < 1.29 is 4.74 Å². The molecule has 2 N–H and O–H groups in total. The minimum absolute atomic E-state index is 0.442. The molecule has 0 unspecified atom stereocenters. The van der Waals surface area contributed by atoms with E-state index in [1.807, 2.05) is 36.4 Å². The molecule has 0 radical (unpaired) electrons. The Morgan fingerprint density at radius 2 is 1.94 bits per heavy atom. The highest BCUT2D eigenvalue weighted by Crippen LogP contribution is 2.12. The number of nitrogens with zero attached hydrogens (tertiary/aromatic N) is 1. The molecule has 0 spiro atoms. The van der Waals surface area contributed by atoms with Crippen LogP contribution < -0.4 is 5.73 Å². The van der Waals surface area contributed by atoms with Gasteiger partial charge in [0.2, 0.25) is 0 Å². The van der Waals surface area contributed by atoms with E-state index in [2.05, 4.69) is 4.98 Å². The molecule has 0 saturated carbocycles. The fourth-order valence-corrected chi connectivity index (χ4v) is 1.69. The number of rotatable bonds is 4. The summed E-state index contributed by atoms with van der Waals surface area (Å²) in [6.45, 7) is 0.953. The zero-order valence-corrected chi connectivity index (χ0v) is 10.0. The van der Waals surface area contributed by atoms with Crippen LogP contribution in [0.2, 0.25) is 5.02 Å². The number of nitrogen functional groups attached to an aromatic ring is 1. The van der Waals surface area contributed by atoms with Gasteiger partial charge in [-0.1, -0.05) is 29.8 Å². The molecule has 2 aromatic rings. The summed E-state index contributed by atoms with van der Waals surface area (Å²) in [7, 11) is 0. The summed E-state index contributed by atoms with van der Waals surface area (Å²) >= 11 is 5.88. The van der Waals surface area contributed by atoms with Crippen molar-refractivity contribution >= 4 is 17.4 Å². The molecule has 0 atom stereocenters. The maximum absolute atomic E-state index is 5.88. The number of anilines is 1. The Kier molecular flexibility index (Phi) is 3.96. The normalized spacial score (nSPS) is 10.4. The van der Waals surface area contributed by atoms with Gasteiger partial charge < -0.3 is 10.5 Å². The first-order valence-corrected chi connectivity index (χ1v) is 5.65. The van der Waals surface area contributed by atoms with E-state index in [1.54, 1.807) is 6.07 Å². The third-order valence-corrected chi connectivity index (χ3v) is 2.47. The number of ether oxygens (including phenoxy) is 1. The maximum atomic E-state index is 5.88. The van der Waals surface area contributed by atoms with Gasteiger partial charge in [-0.15, -0.1) is 0 Å². The molecule has 88 valence electrons. The Hall–Kier alpha value is -1.58. The van der Waals surface area contributed by atoms with Gasteiger partial charge in [-0.05, 0) is 29.8 Å². The van der Waals surface area contributed by atoms with Gasteiger partial charge in [0, 0.05) is 5.02 Å². The number of hydrogen-bond donors (Lipinski definition) is 1. The molecule has 1 aromatic heterocycles. The second kappa shape index (κ2) is 5.66. The number of aromatic nitrogens is 1. The van der Waals surface area contributed by atoms with E-state index < -0.39 is 0 Å². The molecule has 0 amide bonds. The van der Waals surface area contributed by atoms with E-state index in [0.29, 0.717) is 24.1 Å². The van der Waals surface area contributed by atoms with Crippen LogP contribution in [0.5, 0.6) is 0 Å². The standard InChI is InChI=1S/C13H13ClN2O/c14-11-4-1-3-10(7-11)8-17-9-12-5-2-6-13(15)16-12/h1-7H,8-9H2,(H2,15,16). The Balaban J connectivity index is 1.87. The molecular weight excluding hydrogens is 236 g/mol. The van der Waals surface area contributed by atoms with Crippen molar-refractivity contribution in [3.63, 3.8) is 0 Å². The zero-order valence-electron chi connectivity index (χ0n) is 9.27. The molecule has 3 nitrogen and oxygen atoms in total. The van der Waals surface area contributed by atoms with Gasteiger partial charge in [0.15, 0.2) is 0 Å². The summed E-state index contributed by atoms with van der Waals surface area (Å²) in [6, 6.07) is 13.1. The minimum Gasteiger partial charge on any atom is -0.384 e.